The van der Waals surface area contributed by atoms with Crippen LogP contribution in [0.25, 0.3) is 0 Å². The number of aliphatic hydroxyl groups excluding tert-OH is 1. The van der Waals surface area contributed by atoms with E-state index in [0.717, 1.165) is 11.3 Å². The monoisotopic (exact) mass is 237 g/mol. The molecule has 17 heavy (non-hydrogen) atoms. The summed E-state index contributed by atoms with van der Waals surface area (Å²) in [7, 11) is 1.59. The largest absolute Gasteiger partial charge is 0.497 e. The SMILES string of the molecule is CCC(CO)NC(=O)c1ccc(OC)cc1C. The molecule has 0 aromatic heterocycles. The Hall–Kier alpha value is -1.55. The van der Waals surface area contributed by atoms with Crippen molar-refractivity contribution in [2.24, 2.45) is 0 Å². The average Bonchev–Trinajstić information content (AvgIpc) is 2.35. The molecule has 1 aromatic rings. The number of hydrogen-bond donors (Lipinski definition) is 2. The van der Waals surface area contributed by atoms with Crippen molar-refractivity contribution in [3.05, 3.63) is 29.3 Å². The Kier molecular flexibility index (Phi) is 4.97. The average molecular weight is 237 g/mol. The van der Waals surface area contributed by atoms with E-state index in [1.807, 2.05) is 19.9 Å². The Morgan fingerprint density at radius 1 is 1.53 bits per heavy atom. The number of amides is 1. The summed E-state index contributed by atoms with van der Waals surface area (Å²) in [4.78, 5) is 11.9. The lowest BCUT2D eigenvalue weighted by molar-refractivity contribution is 0.0914. The summed E-state index contributed by atoms with van der Waals surface area (Å²) in [6, 6.07) is 5.11. The van der Waals surface area contributed by atoms with E-state index in [4.69, 9.17) is 9.84 Å². The van der Waals surface area contributed by atoms with Crippen LogP contribution < -0.4 is 10.1 Å². The predicted molar refractivity (Wildman–Crippen MR) is 66.4 cm³/mol. The zero-order chi connectivity index (χ0) is 12.8. The molecule has 4 nitrogen and oxygen atoms in total. The summed E-state index contributed by atoms with van der Waals surface area (Å²) in [5.41, 5.74) is 1.47. The van der Waals surface area contributed by atoms with Crippen LogP contribution in [0.3, 0.4) is 0 Å². The highest BCUT2D eigenvalue weighted by molar-refractivity contribution is 5.96. The molecule has 0 radical (unpaired) electrons. The minimum atomic E-state index is -0.191. The third-order valence-corrected chi connectivity index (χ3v) is 2.73. The molecular formula is C13H19NO3. The Balaban J connectivity index is 2.82. The zero-order valence-electron chi connectivity index (χ0n) is 10.5. The highest BCUT2D eigenvalue weighted by Crippen LogP contribution is 2.16. The smallest absolute Gasteiger partial charge is 0.251 e. The molecule has 0 aliphatic carbocycles. The molecule has 1 unspecified atom stereocenters. The third kappa shape index (κ3) is 3.46. The predicted octanol–water partition coefficient (Wildman–Crippen LogP) is 1.50. The van der Waals surface area contributed by atoms with Gasteiger partial charge in [0.2, 0.25) is 0 Å². The van der Waals surface area contributed by atoms with Crippen LogP contribution in [0.2, 0.25) is 0 Å². The van der Waals surface area contributed by atoms with Crippen molar-refractivity contribution in [1.82, 2.24) is 5.32 Å². The van der Waals surface area contributed by atoms with Gasteiger partial charge in [0.25, 0.3) is 5.91 Å². The number of carbonyl (C=O) groups is 1. The maximum atomic E-state index is 11.9. The van der Waals surface area contributed by atoms with Gasteiger partial charge in [0.1, 0.15) is 5.75 Å². The third-order valence-electron chi connectivity index (χ3n) is 2.73. The maximum Gasteiger partial charge on any atom is 0.251 e. The van der Waals surface area contributed by atoms with Gasteiger partial charge in [-0.25, -0.2) is 0 Å². The number of ether oxygens (including phenoxy) is 1. The molecule has 4 heteroatoms. The first-order valence-corrected chi connectivity index (χ1v) is 5.68. The number of aliphatic hydroxyl groups is 1. The first-order chi connectivity index (χ1) is 8.12. The van der Waals surface area contributed by atoms with Crippen LogP contribution in [-0.2, 0) is 0 Å². The number of carbonyl (C=O) groups excluding carboxylic acids is 1. The van der Waals surface area contributed by atoms with E-state index in [9.17, 15) is 4.79 Å². The summed E-state index contributed by atoms with van der Waals surface area (Å²) >= 11 is 0. The van der Waals surface area contributed by atoms with Crippen LogP contribution in [0.5, 0.6) is 5.75 Å². The molecule has 0 saturated heterocycles. The van der Waals surface area contributed by atoms with E-state index in [2.05, 4.69) is 5.32 Å². The fourth-order valence-electron chi connectivity index (χ4n) is 1.56. The van der Waals surface area contributed by atoms with Crippen molar-refractivity contribution in [2.75, 3.05) is 13.7 Å². The zero-order valence-corrected chi connectivity index (χ0v) is 10.5. The van der Waals surface area contributed by atoms with Crippen molar-refractivity contribution in [2.45, 2.75) is 26.3 Å². The van der Waals surface area contributed by atoms with Crippen LogP contribution in [0.4, 0.5) is 0 Å². The van der Waals surface area contributed by atoms with E-state index >= 15 is 0 Å². The van der Waals surface area contributed by atoms with Crippen molar-refractivity contribution < 1.29 is 14.6 Å². The maximum absolute atomic E-state index is 11.9. The van der Waals surface area contributed by atoms with Crippen molar-refractivity contribution in [3.63, 3.8) is 0 Å². The number of nitrogens with one attached hydrogen (secondary N) is 1. The summed E-state index contributed by atoms with van der Waals surface area (Å²) in [5, 5.41) is 11.8. The van der Waals surface area contributed by atoms with E-state index in [-0.39, 0.29) is 18.6 Å². The fraction of sp³-hybridized carbons (Fsp3) is 0.462. The number of hydrogen-bond acceptors (Lipinski definition) is 3. The van der Waals surface area contributed by atoms with Gasteiger partial charge in [0.05, 0.1) is 19.8 Å². The molecule has 0 aliphatic rings. The van der Waals surface area contributed by atoms with E-state index in [0.29, 0.717) is 12.0 Å². The van der Waals surface area contributed by atoms with Crippen LogP contribution in [-0.4, -0.2) is 30.8 Å². The van der Waals surface area contributed by atoms with Crippen LogP contribution in [0.1, 0.15) is 29.3 Å². The van der Waals surface area contributed by atoms with E-state index in [1.54, 1.807) is 19.2 Å². The van der Waals surface area contributed by atoms with Crippen LogP contribution >= 0.6 is 0 Å². The van der Waals surface area contributed by atoms with Gasteiger partial charge in [-0.3, -0.25) is 4.79 Å². The van der Waals surface area contributed by atoms with Gasteiger partial charge in [0, 0.05) is 5.56 Å². The van der Waals surface area contributed by atoms with Gasteiger partial charge < -0.3 is 15.2 Å². The Labute approximate surface area is 102 Å². The second-order valence-electron chi connectivity index (χ2n) is 3.94. The standard InChI is InChI=1S/C13H19NO3/c1-4-10(8-15)14-13(16)12-6-5-11(17-3)7-9(12)2/h5-7,10,15H,4,8H2,1-3H3,(H,14,16). The molecule has 1 aromatic carbocycles. The normalized spacial score (nSPS) is 12.0. The Morgan fingerprint density at radius 3 is 2.71 bits per heavy atom. The molecule has 0 bridgehead atoms. The lowest BCUT2D eigenvalue weighted by Gasteiger charge is -2.15. The lowest BCUT2D eigenvalue weighted by Crippen LogP contribution is -2.37. The first kappa shape index (κ1) is 13.5. The quantitative estimate of drug-likeness (QED) is 0.816. The molecule has 1 amide bonds. The van der Waals surface area contributed by atoms with Crippen molar-refractivity contribution in [1.29, 1.82) is 0 Å². The van der Waals surface area contributed by atoms with Gasteiger partial charge in [-0.1, -0.05) is 6.92 Å². The van der Waals surface area contributed by atoms with Crippen LogP contribution in [0, 0.1) is 6.92 Å². The molecule has 0 saturated carbocycles. The van der Waals surface area contributed by atoms with Crippen molar-refractivity contribution in [3.8, 4) is 5.75 Å². The van der Waals surface area contributed by atoms with Gasteiger partial charge >= 0.3 is 0 Å². The van der Waals surface area contributed by atoms with Gasteiger partial charge in [-0.05, 0) is 37.1 Å². The Morgan fingerprint density at radius 2 is 2.24 bits per heavy atom. The van der Waals surface area contributed by atoms with Crippen molar-refractivity contribution >= 4 is 5.91 Å². The highest BCUT2D eigenvalue weighted by Gasteiger charge is 2.13. The number of aryl methyl sites for hydroxylation is 1. The first-order valence-electron chi connectivity index (χ1n) is 5.68. The van der Waals surface area contributed by atoms with E-state index < -0.39 is 0 Å². The highest BCUT2D eigenvalue weighted by atomic mass is 16.5. The van der Waals surface area contributed by atoms with Gasteiger partial charge in [0.15, 0.2) is 0 Å². The summed E-state index contributed by atoms with van der Waals surface area (Å²) in [6.45, 7) is 3.73. The van der Waals surface area contributed by atoms with Crippen LogP contribution in [0.15, 0.2) is 18.2 Å². The molecule has 0 fully saturated rings. The molecule has 1 rings (SSSR count). The Bertz CT molecular complexity index is 386. The summed E-state index contributed by atoms with van der Waals surface area (Å²) in [5.74, 6) is 0.569. The number of rotatable bonds is 5. The molecule has 0 heterocycles. The molecule has 94 valence electrons. The molecule has 1 atom stereocenters. The van der Waals surface area contributed by atoms with Gasteiger partial charge in [-0.2, -0.15) is 0 Å². The molecule has 0 aliphatic heterocycles. The number of benzene rings is 1. The summed E-state index contributed by atoms with van der Waals surface area (Å²) < 4.78 is 5.08. The second kappa shape index (κ2) is 6.25. The molecule has 0 spiro atoms. The molecule has 2 N–H and O–H groups in total. The van der Waals surface area contributed by atoms with Gasteiger partial charge in [-0.15, -0.1) is 0 Å². The second-order valence-corrected chi connectivity index (χ2v) is 3.94. The summed E-state index contributed by atoms with van der Waals surface area (Å²) in [6.07, 6.45) is 0.706. The number of methoxy groups -OCH3 is 1. The minimum absolute atomic E-state index is 0.0442. The van der Waals surface area contributed by atoms with E-state index in [1.165, 1.54) is 0 Å². The lowest BCUT2D eigenvalue weighted by atomic mass is 10.1. The minimum Gasteiger partial charge on any atom is -0.497 e. The topological polar surface area (TPSA) is 58.6 Å². The molecular weight excluding hydrogens is 218 g/mol. The fourth-order valence-corrected chi connectivity index (χ4v) is 1.56.